The van der Waals surface area contributed by atoms with E-state index in [9.17, 15) is 4.79 Å². The van der Waals surface area contributed by atoms with Crippen LogP contribution in [0.5, 0.6) is 0 Å². The number of amides is 1. The molecule has 0 saturated heterocycles. The predicted molar refractivity (Wildman–Crippen MR) is 109 cm³/mol. The second kappa shape index (κ2) is 8.12. The number of benzene rings is 2. The van der Waals surface area contributed by atoms with E-state index < -0.39 is 0 Å². The van der Waals surface area contributed by atoms with Crippen LogP contribution in [0, 0.1) is 6.92 Å². The predicted octanol–water partition coefficient (Wildman–Crippen LogP) is 5.18. The van der Waals surface area contributed by atoms with Crippen LogP contribution < -0.4 is 10.7 Å². The van der Waals surface area contributed by atoms with E-state index in [0.29, 0.717) is 20.8 Å². The van der Waals surface area contributed by atoms with Crippen molar-refractivity contribution < 1.29 is 4.79 Å². The van der Waals surface area contributed by atoms with Crippen molar-refractivity contribution in [1.82, 2.24) is 4.98 Å². The molecule has 0 spiro atoms. The summed E-state index contributed by atoms with van der Waals surface area (Å²) < 4.78 is 0. The Hall–Kier alpha value is -2.70. The van der Waals surface area contributed by atoms with Gasteiger partial charge in [0.15, 0.2) is 0 Å². The van der Waals surface area contributed by atoms with Crippen molar-refractivity contribution in [2.24, 2.45) is 5.10 Å². The molecule has 0 aliphatic rings. The van der Waals surface area contributed by atoms with Gasteiger partial charge in [0.25, 0.3) is 0 Å². The average Bonchev–Trinajstić information content (AvgIpc) is 2.99. The molecule has 26 heavy (non-hydrogen) atoms. The summed E-state index contributed by atoms with van der Waals surface area (Å²) >= 11 is 7.43. The lowest BCUT2D eigenvalue weighted by Crippen LogP contribution is -2.05. The van der Waals surface area contributed by atoms with Crippen LogP contribution in [0.2, 0.25) is 5.02 Å². The van der Waals surface area contributed by atoms with Gasteiger partial charge in [-0.3, -0.25) is 10.2 Å². The van der Waals surface area contributed by atoms with Gasteiger partial charge in [-0.25, -0.2) is 4.98 Å². The van der Waals surface area contributed by atoms with E-state index in [0.717, 1.165) is 16.7 Å². The Morgan fingerprint density at radius 1 is 1.19 bits per heavy atom. The Balaban J connectivity index is 1.85. The van der Waals surface area contributed by atoms with Crippen molar-refractivity contribution in [2.75, 3.05) is 10.7 Å². The zero-order valence-electron chi connectivity index (χ0n) is 14.3. The van der Waals surface area contributed by atoms with Gasteiger partial charge >= 0.3 is 0 Å². The maximum absolute atomic E-state index is 11.5. The van der Waals surface area contributed by atoms with Gasteiger partial charge in [0.05, 0.1) is 6.21 Å². The normalized spacial score (nSPS) is 10.9. The quantitative estimate of drug-likeness (QED) is 0.470. The molecule has 0 fully saturated rings. The Morgan fingerprint density at radius 2 is 1.92 bits per heavy atom. The molecule has 2 N–H and O–H groups in total. The molecule has 3 aromatic rings. The fraction of sp³-hybridized carbons (Fsp3) is 0.105. The molecule has 1 aromatic heterocycles. The highest BCUT2D eigenvalue weighted by Gasteiger charge is 2.14. The van der Waals surface area contributed by atoms with Crippen LogP contribution >= 0.6 is 22.9 Å². The van der Waals surface area contributed by atoms with E-state index in [1.807, 2.05) is 49.4 Å². The Labute approximate surface area is 160 Å². The first kappa shape index (κ1) is 18.1. The maximum atomic E-state index is 11.5. The smallest absolute Gasteiger partial charge is 0.221 e. The van der Waals surface area contributed by atoms with Gasteiger partial charge in [-0.1, -0.05) is 71.0 Å². The number of hydrogen-bond acceptors (Lipinski definition) is 5. The minimum Gasteiger partial charge on any atom is -0.316 e. The molecule has 2 aromatic carbocycles. The van der Waals surface area contributed by atoms with E-state index in [1.54, 1.807) is 12.3 Å². The fourth-order valence-corrected chi connectivity index (χ4v) is 3.32. The highest BCUT2D eigenvalue weighted by atomic mass is 35.5. The minimum absolute atomic E-state index is 0.145. The summed E-state index contributed by atoms with van der Waals surface area (Å²) in [4.78, 5) is 16.1. The molecule has 3 rings (SSSR count). The number of rotatable bonds is 5. The lowest BCUT2D eigenvalue weighted by Gasteiger charge is -2.02. The Bertz CT molecular complexity index is 950. The number of hydrogen-bond donors (Lipinski definition) is 2. The molecule has 0 aliphatic carbocycles. The lowest BCUT2D eigenvalue weighted by molar-refractivity contribution is -0.114. The molecule has 7 heteroatoms. The van der Waals surface area contributed by atoms with Crippen molar-refractivity contribution in [3.63, 3.8) is 0 Å². The zero-order valence-corrected chi connectivity index (χ0v) is 15.9. The molecule has 1 heterocycles. The molecule has 1 amide bonds. The summed E-state index contributed by atoms with van der Waals surface area (Å²) in [7, 11) is 0. The number of carbonyl (C=O) groups excluding carboxylic acids is 1. The summed E-state index contributed by atoms with van der Waals surface area (Å²) in [5, 5.41) is 8.89. The molecule has 0 unspecified atom stereocenters. The highest BCUT2D eigenvalue weighted by molar-refractivity contribution is 7.20. The number of anilines is 2. The zero-order chi connectivity index (χ0) is 18.5. The Kier molecular flexibility index (Phi) is 5.65. The van der Waals surface area contributed by atoms with Gasteiger partial charge in [0.2, 0.25) is 11.0 Å². The number of nitrogens with zero attached hydrogens (tertiary/aromatic N) is 2. The second-order valence-corrected chi connectivity index (χ2v) is 7.04. The van der Waals surface area contributed by atoms with Crippen LogP contribution in [0.25, 0.3) is 11.3 Å². The van der Waals surface area contributed by atoms with Crippen LogP contribution in [0.15, 0.2) is 53.6 Å². The number of carbonyl (C=O) groups is 1. The van der Waals surface area contributed by atoms with E-state index in [-0.39, 0.29) is 5.91 Å². The molecule has 132 valence electrons. The Morgan fingerprint density at radius 3 is 2.62 bits per heavy atom. The number of hydrazone groups is 1. The molecule has 0 atom stereocenters. The van der Waals surface area contributed by atoms with Gasteiger partial charge in [-0.15, -0.1) is 0 Å². The summed E-state index contributed by atoms with van der Waals surface area (Å²) in [6.45, 7) is 3.50. The van der Waals surface area contributed by atoms with Crippen molar-refractivity contribution in [3.8, 4) is 11.3 Å². The summed E-state index contributed by atoms with van der Waals surface area (Å²) in [6.07, 6.45) is 1.63. The monoisotopic (exact) mass is 384 g/mol. The number of aryl methyl sites for hydroxylation is 1. The van der Waals surface area contributed by atoms with Crippen LogP contribution in [-0.4, -0.2) is 17.1 Å². The number of thiazole rings is 1. The van der Waals surface area contributed by atoms with Crippen molar-refractivity contribution >= 4 is 45.2 Å². The first-order valence-corrected chi connectivity index (χ1v) is 9.11. The van der Waals surface area contributed by atoms with Crippen LogP contribution in [0.3, 0.4) is 0 Å². The third-order valence-electron chi connectivity index (χ3n) is 3.51. The molecule has 0 radical (unpaired) electrons. The average molecular weight is 385 g/mol. The first-order valence-electron chi connectivity index (χ1n) is 7.92. The molecule has 0 bridgehead atoms. The number of aromatic nitrogens is 1. The van der Waals surface area contributed by atoms with E-state index in [1.165, 1.54) is 18.3 Å². The maximum Gasteiger partial charge on any atom is 0.221 e. The summed E-state index contributed by atoms with van der Waals surface area (Å²) in [6, 6.07) is 15.4. The highest BCUT2D eigenvalue weighted by Crippen LogP contribution is 2.36. The molecule has 0 saturated carbocycles. The van der Waals surface area contributed by atoms with Gasteiger partial charge < -0.3 is 5.32 Å². The molecule has 0 aliphatic heterocycles. The van der Waals surface area contributed by atoms with E-state index in [4.69, 9.17) is 11.6 Å². The third-order valence-corrected chi connectivity index (χ3v) is 4.73. The summed E-state index contributed by atoms with van der Waals surface area (Å²) in [5.74, 6) is -0.145. The lowest BCUT2D eigenvalue weighted by atomic mass is 10.1. The summed E-state index contributed by atoms with van der Waals surface area (Å²) in [5.41, 5.74) is 6.51. The van der Waals surface area contributed by atoms with Crippen LogP contribution in [0.4, 0.5) is 10.1 Å². The second-order valence-electron chi connectivity index (χ2n) is 5.64. The standard InChI is InChI=1S/C19H17ClN4OS/c1-12-7-9-14(10-8-12)17-18(22-13(2)25)26-19(23-17)24-21-11-15-5-3-4-6-16(15)20/h3-11H,1-2H3,(H,22,25)(H,23,24)/b21-11-. The largest absolute Gasteiger partial charge is 0.316 e. The van der Waals surface area contributed by atoms with Gasteiger partial charge in [0, 0.05) is 23.1 Å². The van der Waals surface area contributed by atoms with Crippen molar-refractivity contribution in [3.05, 3.63) is 64.7 Å². The van der Waals surface area contributed by atoms with Gasteiger partial charge in [-0.05, 0) is 13.0 Å². The van der Waals surface area contributed by atoms with Crippen molar-refractivity contribution in [2.45, 2.75) is 13.8 Å². The third kappa shape index (κ3) is 4.47. The number of halogens is 1. The molecular formula is C19H17ClN4OS. The minimum atomic E-state index is -0.145. The molecule has 5 nitrogen and oxygen atoms in total. The fourth-order valence-electron chi connectivity index (χ4n) is 2.26. The molecular weight excluding hydrogens is 368 g/mol. The van der Waals surface area contributed by atoms with Crippen molar-refractivity contribution in [1.29, 1.82) is 0 Å². The van der Waals surface area contributed by atoms with Crippen LogP contribution in [-0.2, 0) is 4.79 Å². The van der Waals surface area contributed by atoms with Gasteiger partial charge in [0.1, 0.15) is 10.7 Å². The SMILES string of the molecule is CC(=O)Nc1sc(N/N=C\c2ccccc2Cl)nc1-c1ccc(C)cc1. The number of nitrogens with one attached hydrogen (secondary N) is 2. The topological polar surface area (TPSA) is 66.4 Å². The van der Waals surface area contributed by atoms with Gasteiger partial charge in [-0.2, -0.15) is 5.10 Å². The van der Waals surface area contributed by atoms with Crippen LogP contribution in [0.1, 0.15) is 18.1 Å². The van der Waals surface area contributed by atoms with E-state index >= 15 is 0 Å². The van der Waals surface area contributed by atoms with E-state index in [2.05, 4.69) is 20.8 Å². The first-order chi connectivity index (χ1) is 12.5.